The fourth-order valence-corrected chi connectivity index (χ4v) is 4.09. The van der Waals surface area contributed by atoms with E-state index in [1.54, 1.807) is 25.2 Å². The number of hydrogen-bond acceptors (Lipinski definition) is 7. The highest BCUT2D eigenvalue weighted by Gasteiger charge is 2.19. The Morgan fingerprint density at radius 2 is 2.21 bits per heavy atom. The van der Waals surface area contributed by atoms with Gasteiger partial charge in [-0.3, -0.25) is 14.6 Å². The number of fused-ring (bicyclic) bond motifs is 3. The van der Waals surface area contributed by atoms with E-state index >= 15 is 0 Å². The van der Waals surface area contributed by atoms with Crippen LogP contribution in [0.1, 0.15) is 43.6 Å². The SMILES string of the molecule is CCOC(=O)C/C(C)=N/Nc1nc2sc3c(c2c(=O)[nH]1)CCCC3. The number of carbonyl (C=O) groups is 1. The predicted octanol–water partition coefficient (Wildman–Crippen LogP) is 2.60. The molecule has 0 aromatic carbocycles. The second-order valence-corrected chi connectivity index (χ2v) is 6.83. The van der Waals surface area contributed by atoms with Gasteiger partial charge in [-0.1, -0.05) is 0 Å². The summed E-state index contributed by atoms with van der Waals surface area (Å²) in [6, 6.07) is 0. The Balaban J connectivity index is 1.81. The normalized spacial score (nSPS) is 14.5. The molecule has 2 aromatic heterocycles. The first-order valence-corrected chi connectivity index (χ1v) is 8.89. The molecule has 8 heteroatoms. The Hall–Kier alpha value is -2.22. The molecule has 0 spiro atoms. The standard InChI is InChI=1S/C16H20N4O3S/c1-3-23-12(21)8-9(2)19-20-16-17-14(22)13-10-6-4-5-7-11(10)24-15(13)18-16/h3-8H2,1-2H3,(H2,17,18,20,22)/b19-9+. The van der Waals surface area contributed by atoms with Crippen LogP contribution in [-0.4, -0.2) is 28.3 Å². The van der Waals surface area contributed by atoms with Crippen LogP contribution >= 0.6 is 11.3 Å². The molecule has 24 heavy (non-hydrogen) atoms. The molecule has 1 aliphatic rings. The first-order valence-electron chi connectivity index (χ1n) is 8.08. The number of nitrogens with one attached hydrogen (secondary N) is 2. The largest absolute Gasteiger partial charge is 0.466 e. The zero-order valence-corrected chi connectivity index (χ0v) is 14.6. The van der Waals surface area contributed by atoms with E-state index < -0.39 is 0 Å². The highest BCUT2D eigenvalue weighted by molar-refractivity contribution is 7.18. The maximum absolute atomic E-state index is 12.4. The lowest BCUT2D eigenvalue weighted by Gasteiger charge is -2.09. The van der Waals surface area contributed by atoms with Crippen molar-refractivity contribution >= 4 is 39.2 Å². The maximum atomic E-state index is 12.4. The third-order valence-electron chi connectivity index (χ3n) is 3.88. The number of hydrogen-bond donors (Lipinski definition) is 2. The number of aryl methyl sites for hydroxylation is 2. The van der Waals surface area contributed by atoms with Crippen molar-refractivity contribution in [2.45, 2.75) is 46.0 Å². The summed E-state index contributed by atoms with van der Waals surface area (Å²) in [4.78, 5) is 33.0. The number of thiophene rings is 1. The minimum Gasteiger partial charge on any atom is -0.466 e. The maximum Gasteiger partial charge on any atom is 0.311 e. The molecule has 0 amide bonds. The van der Waals surface area contributed by atoms with Crippen molar-refractivity contribution in [1.82, 2.24) is 9.97 Å². The Bertz CT molecular complexity index is 853. The van der Waals surface area contributed by atoms with E-state index in [1.807, 2.05) is 0 Å². The third kappa shape index (κ3) is 3.48. The molecule has 7 nitrogen and oxygen atoms in total. The summed E-state index contributed by atoms with van der Waals surface area (Å²) < 4.78 is 4.87. The van der Waals surface area contributed by atoms with Crippen molar-refractivity contribution in [3.63, 3.8) is 0 Å². The molecule has 0 saturated carbocycles. The Morgan fingerprint density at radius 1 is 1.42 bits per heavy atom. The lowest BCUT2D eigenvalue weighted by Crippen LogP contribution is -2.14. The number of rotatable bonds is 5. The van der Waals surface area contributed by atoms with Crippen LogP contribution in [0.4, 0.5) is 5.95 Å². The number of esters is 1. The second-order valence-electron chi connectivity index (χ2n) is 5.75. The van der Waals surface area contributed by atoms with Gasteiger partial charge in [0.25, 0.3) is 5.56 Å². The number of hydrazone groups is 1. The Labute approximate surface area is 143 Å². The summed E-state index contributed by atoms with van der Waals surface area (Å²) in [5.41, 5.74) is 4.30. The molecule has 3 rings (SSSR count). The Kier molecular flexibility index (Phi) is 4.94. The third-order valence-corrected chi connectivity index (χ3v) is 5.07. The molecule has 0 aliphatic heterocycles. The first-order chi connectivity index (χ1) is 11.6. The van der Waals surface area contributed by atoms with E-state index in [4.69, 9.17) is 4.74 Å². The molecule has 0 fully saturated rings. The van der Waals surface area contributed by atoms with Gasteiger partial charge in [-0.25, -0.2) is 10.4 Å². The van der Waals surface area contributed by atoms with Crippen LogP contribution in [0.15, 0.2) is 9.90 Å². The van der Waals surface area contributed by atoms with Gasteiger partial charge in [0.2, 0.25) is 5.95 Å². The fraction of sp³-hybridized carbons (Fsp3) is 0.500. The van der Waals surface area contributed by atoms with Crippen LogP contribution in [0.3, 0.4) is 0 Å². The average Bonchev–Trinajstić information content (AvgIpc) is 2.92. The van der Waals surface area contributed by atoms with Gasteiger partial charge in [0, 0.05) is 10.6 Å². The quantitative estimate of drug-likeness (QED) is 0.492. The van der Waals surface area contributed by atoms with Gasteiger partial charge in [-0.2, -0.15) is 5.10 Å². The van der Waals surface area contributed by atoms with Crippen molar-refractivity contribution in [1.29, 1.82) is 0 Å². The molecule has 2 aromatic rings. The summed E-state index contributed by atoms with van der Waals surface area (Å²) in [5, 5.41) is 4.80. The van der Waals surface area contributed by atoms with E-state index in [0.29, 0.717) is 17.7 Å². The number of ether oxygens (including phenoxy) is 1. The van der Waals surface area contributed by atoms with Crippen molar-refractivity contribution in [3.8, 4) is 0 Å². The zero-order chi connectivity index (χ0) is 17.1. The van der Waals surface area contributed by atoms with Crippen LogP contribution in [0.2, 0.25) is 0 Å². The number of aromatic amines is 1. The van der Waals surface area contributed by atoms with Crippen LogP contribution in [0, 0.1) is 0 Å². The lowest BCUT2D eigenvalue weighted by atomic mass is 9.97. The van der Waals surface area contributed by atoms with Gasteiger partial charge in [0.05, 0.1) is 18.4 Å². The average molecular weight is 348 g/mol. The summed E-state index contributed by atoms with van der Waals surface area (Å²) in [5.74, 6) is -0.0438. The number of nitrogens with zero attached hydrogens (tertiary/aromatic N) is 2. The molecular formula is C16H20N4O3S. The van der Waals surface area contributed by atoms with Gasteiger partial charge >= 0.3 is 5.97 Å². The number of carbonyl (C=O) groups excluding carboxylic acids is 1. The molecule has 0 bridgehead atoms. The highest BCUT2D eigenvalue weighted by Crippen LogP contribution is 2.33. The molecule has 1 aliphatic carbocycles. The lowest BCUT2D eigenvalue weighted by molar-refractivity contribution is -0.141. The van der Waals surface area contributed by atoms with E-state index in [9.17, 15) is 9.59 Å². The molecule has 0 radical (unpaired) electrons. The first kappa shape index (κ1) is 16.6. The van der Waals surface area contributed by atoms with Gasteiger partial charge in [-0.05, 0) is 45.1 Å². The van der Waals surface area contributed by atoms with E-state index in [-0.39, 0.29) is 23.9 Å². The molecule has 0 atom stereocenters. The minimum absolute atomic E-state index is 0.0978. The highest BCUT2D eigenvalue weighted by atomic mass is 32.1. The monoisotopic (exact) mass is 348 g/mol. The van der Waals surface area contributed by atoms with E-state index in [1.165, 1.54) is 11.3 Å². The van der Waals surface area contributed by atoms with Gasteiger partial charge in [0.1, 0.15) is 4.83 Å². The zero-order valence-electron chi connectivity index (χ0n) is 13.8. The molecule has 0 saturated heterocycles. The molecule has 2 heterocycles. The predicted molar refractivity (Wildman–Crippen MR) is 94.9 cm³/mol. The Morgan fingerprint density at radius 3 is 3.00 bits per heavy atom. The van der Waals surface area contributed by atoms with Crippen molar-refractivity contribution < 1.29 is 9.53 Å². The number of H-pyrrole nitrogens is 1. The summed E-state index contributed by atoms with van der Waals surface area (Å²) >= 11 is 1.59. The topological polar surface area (TPSA) is 96.4 Å². The minimum atomic E-state index is -0.330. The van der Waals surface area contributed by atoms with Gasteiger partial charge < -0.3 is 4.74 Å². The van der Waals surface area contributed by atoms with Crippen LogP contribution < -0.4 is 11.0 Å². The van der Waals surface area contributed by atoms with Crippen LogP contribution in [0.25, 0.3) is 10.2 Å². The van der Waals surface area contributed by atoms with E-state index in [2.05, 4.69) is 20.5 Å². The van der Waals surface area contributed by atoms with Crippen LogP contribution in [-0.2, 0) is 22.4 Å². The van der Waals surface area contributed by atoms with Crippen molar-refractivity contribution in [3.05, 3.63) is 20.8 Å². The van der Waals surface area contributed by atoms with E-state index in [0.717, 1.165) is 29.7 Å². The van der Waals surface area contributed by atoms with Gasteiger partial charge in [-0.15, -0.1) is 11.3 Å². The number of aromatic nitrogens is 2. The summed E-state index contributed by atoms with van der Waals surface area (Å²) in [6.07, 6.45) is 4.36. The van der Waals surface area contributed by atoms with Crippen LogP contribution in [0.5, 0.6) is 0 Å². The summed E-state index contributed by atoms with van der Waals surface area (Å²) in [7, 11) is 0. The van der Waals surface area contributed by atoms with Crippen molar-refractivity contribution in [2.24, 2.45) is 5.10 Å². The van der Waals surface area contributed by atoms with Crippen molar-refractivity contribution in [2.75, 3.05) is 12.0 Å². The molecule has 0 unspecified atom stereocenters. The molecular weight excluding hydrogens is 328 g/mol. The van der Waals surface area contributed by atoms with Gasteiger partial charge in [0.15, 0.2) is 0 Å². The molecule has 128 valence electrons. The summed E-state index contributed by atoms with van der Waals surface area (Å²) in [6.45, 7) is 3.81. The molecule has 2 N–H and O–H groups in total. The number of anilines is 1. The smallest absolute Gasteiger partial charge is 0.311 e. The second kappa shape index (κ2) is 7.12. The fourth-order valence-electron chi connectivity index (χ4n) is 2.83.